The van der Waals surface area contributed by atoms with Gasteiger partial charge in [-0.1, -0.05) is 30.3 Å². The van der Waals surface area contributed by atoms with Crippen LogP contribution in [-0.2, 0) is 10.0 Å². The Morgan fingerprint density at radius 3 is 2.65 bits per heavy atom. The minimum Gasteiger partial charge on any atom is -0.395 e. The Morgan fingerprint density at radius 2 is 2.00 bits per heavy atom. The Balaban J connectivity index is 2.06. The van der Waals surface area contributed by atoms with E-state index >= 15 is 0 Å². The molecule has 4 nitrogen and oxygen atoms in total. The molecule has 1 aromatic carbocycles. The summed E-state index contributed by atoms with van der Waals surface area (Å²) in [6.45, 7) is 0.781. The lowest BCUT2D eigenvalue weighted by atomic mass is 9.99. The predicted molar refractivity (Wildman–Crippen MR) is 66.2 cm³/mol. The quantitative estimate of drug-likeness (QED) is 0.865. The third kappa shape index (κ3) is 2.86. The maximum absolute atomic E-state index is 11.8. The number of sulfonamides is 1. The highest BCUT2D eigenvalue weighted by Crippen LogP contribution is 2.28. The van der Waals surface area contributed by atoms with E-state index in [1.165, 1.54) is 9.87 Å². The molecule has 2 rings (SSSR count). The molecule has 17 heavy (non-hydrogen) atoms. The van der Waals surface area contributed by atoms with Gasteiger partial charge in [-0.15, -0.1) is 0 Å². The van der Waals surface area contributed by atoms with Crippen LogP contribution in [-0.4, -0.2) is 43.3 Å². The van der Waals surface area contributed by atoms with Gasteiger partial charge in [0.25, 0.3) is 0 Å². The fraction of sp³-hybridized carbons (Fsp3) is 0.500. The summed E-state index contributed by atoms with van der Waals surface area (Å²) in [6.07, 6.45) is 0.856. The Morgan fingerprint density at radius 1 is 1.29 bits per heavy atom. The molecule has 1 aliphatic heterocycles. The predicted octanol–water partition coefficient (Wildman–Crippen LogP) is 0.798. The van der Waals surface area contributed by atoms with Crippen LogP contribution in [0.5, 0.6) is 0 Å². The van der Waals surface area contributed by atoms with Gasteiger partial charge in [0, 0.05) is 13.1 Å². The van der Waals surface area contributed by atoms with Gasteiger partial charge in [0.1, 0.15) is 0 Å². The van der Waals surface area contributed by atoms with Crippen LogP contribution in [0.15, 0.2) is 30.3 Å². The van der Waals surface area contributed by atoms with Gasteiger partial charge >= 0.3 is 0 Å². The first-order chi connectivity index (χ1) is 8.13. The topological polar surface area (TPSA) is 57.6 Å². The molecule has 94 valence electrons. The van der Waals surface area contributed by atoms with Crippen molar-refractivity contribution in [1.29, 1.82) is 0 Å². The smallest absolute Gasteiger partial charge is 0.216 e. The average Bonchev–Trinajstić information content (AvgIpc) is 2.80. The molecule has 5 heteroatoms. The van der Waals surface area contributed by atoms with E-state index in [9.17, 15) is 8.42 Å². The number of hydrogen-bond donors (Lipinski definition) is 1. The Bertz CT molecular complexity index is 458. The SMILES string of the molecule is O=S(=O)(CCO)N1CCC(c2ccccc2)C1. The van der Waals surface area contributed by atoms with Crippen LogP contribution in [0, 0.1) is 0 Å². The number of aliphatic hydroxyl groups excluding tert-OH is 1. The number of rotatable bonds is 4. The molecule has 0 radical (unpaired) electrons. The minimum absolute atomic E-state index is 0.172. The molecule has 0 aliphatic carbocycles. The minimum atomic E-state index is -3.27. The van der Waals surface area contributed by atoms with Crippen LogP contribution < -0.4 is 0 Å². The van der Waals surface area contributed by atoms with Crippen LogP contribution >= 0.6 is 0 Å². The second-order valence-electron chi connectivity index (χ2n) is 4.29. The lowest BCUT2D eigenvalue weighted by Crippen LogP contribution is -2.31. The average molecular weight is 255 g/mol. The van der Waals surface area contributed by atoms with Crippen molar-refractivity contribution in [3.63, 3.8) is 0 Å². The molecular weight excluding hydrogens is 238 g/mol. The first-order valence-corrected chi connectivity index (χ1v) is 7.38. The van der Waals surface area contributed by atoms with Gasteiger partial charge in [-0.25, -0.2) is 12.7 Å². The van der Waals surface area contributed by atoms with E-state index in [1.54, 1.807) is 0 Å². The van der Waals surface area contributed by atoms with E-state index in [4.69, 9.17) is 5.11 Å². The fourth-order valence-corrected chi connectivity index (χ4v) is 3.50. The summed E-state index contributed by atoms with van der Waals surface area (Å²) in [5, 5.41) is 8.74. The van der Waals surface area contributed by atoms with E-state index < -0.39 is 10.0 Å². The first-order valence-electron chi connectivity index (χ1n) is 5.77. The van der Waals surface area contributed by atoms with Crippen molar-refractivity contribution in [3.8, 4) is 0 Å². The monoisotopic (exact) mass is 255 g/mol. The third-order valence-electron chi connectivity index (χ3n) is 3.16. The number of hydrogen-bond acceptors (Lipinski definition) is 3. The first kappa shape index (κ1) is 12.5. The summed E-state index contributed by atoms with van der Waals surface area (Å²) in [5.74, 6) is 0.110. The second-order valence-corrected chi connectivity index (χ2v) is 6.38. The molecule has 1 N–H and O–H groups in total. The Kier molecular flexibility index (Phi) is 3.81. The van der Waals surface area contributed by atoms with Gasteiger partial charge in [-0.3, -0.25) is 0 Å². The Labute approximate surface area is 102 Å². The maximum atomic E-state index is 11.8. The van der Waals surface area contributed by atoms with Crippen molar-refractivity contribution in [2.45, 2.75) is 12.3 Å². The second kappa shape index (κ2) is 5.16. The molecule has 0 aromatic heterocycles. The summed E-state index contributed by atoms with van der Waals surface area (Å²) in [6, 6.07) is 9.97. The zero-order valence-electron chi connectivity index (χ0n) is 9.62. The van der Waals surface area contributed by atoms with Crippen LogP contribution in [0.3, 0.4) is 0 Å². The van der Waals surface area contributed by atoms with E-state index in [0.717, 1.165) is 6.42 Å². The van der Waals surface area contributed by atoms with Crippen molar-refractivity contribution in [3.05, 3.63) is 35.9 Å². The van der Waals surface area contributed by atoms with Gasteiger partial charge < -0.3 is 5.11 Å². The number of benzene rings is 1. The lowest BCUT2D eigenvalue weighted by Gasteiger charge is -2.15. The highest BCUT2D eigenvalue weighted by atomic mass is 32.2. The largest absolute Gasteiger partial charge is 0.395 e. The van der Waals surface area contributed by atoms with E-state index in [1.807, 2.05) is 30.3 Å². The van der Waals surface area contributed by atoms with Gasteiger partial charge in [0.15, 0.2) is 0 Å². The number of aliphatic hydroxyl groups is 1. The van der Waals surface area contributed by atoms with Crippen molar-refractivity contribution in [2.75, 3.05) is 25.4 Å². The zero-order valence-corrected chi connectivity index (χ0v) is 10.4. The molecule has 1 fully saturated rings. The normalized spacial score (nSPS) is 21.8. The molecule has 0 saturated carbocycles. The van der Waals surface area contributed by atoms with E-state index in [2.05, 4.69) is 0 Å². The van der Waals surface area contributed by atoms with Gasteiger partial charge in [0.05, 0.1) is 12.4 Å². The van der Waals surface area contributed by atoms with Crippen LogP contribution in [0.4, 0.5) is 0 Å². The molecular formula is C12H17NO3S. The van der Waals surface area contributed by atoms with Crippen LogP contribution in [0.2, 0.25) is 0 Å². The third-order valence-corrected chi connectivity index (χ3v) is 4.98. The zero-order chi connectivity index (χ0) is 12.3. The van der Waals surface area contributed by atoms with Gasteiger partial charge in [-0.05, 0) is 17.9 Å². The molecule has 1 saturated heterocycles. The Hall–Kier alpha value is -0.910. The molecule has 1 unspecified atom stereocenters. The molecule has 0 amide bonds. The molecule has 1 aromatic rings. The summed E-state index contributed by atoms with van der Waals surface area (Å²) < 4.78 is 25.0. The molecule has 0 spiro atoms. The molecule has 0 bridgehead atoms. The van der Waals surface area contributed by atoms with Crippen molar-refractivity contribution >= 4 is 10.0 Å². The highest BCUT2D eigenvalue weighted by Gasteiger charge is 2.31. The molecule has 1 heterocycles. The van der Waals surface area contributed by atoms with Gasteiger partial charge in [0.2, 0.25) is 10.0 Å². The maximum Gasteiger partial charge on any atom is 0.216 e. The van der Waals surface area contributed by atoms with Gasteiger partial charge in [-0.2, -0.15) is 0 Å². The van der Waals surface area contributed by atoms with Crippen LogP contribution in [0.25, 0.3) is 0 Å². The van der Waals surface area contributed by atoms with E-state index in [-0.39, 0.29) is 18.3 Å². The highest BCUT2D eigenvalue weighted by molar-refractivity contribution is 7.89. The number of nitrogens with zero attached hydrogens (tertiary/aromatic N) is 1. The summed E-state index contributed by atoms with van der Waals surface area (Å²) in [5.41, 5.74) is 1.19. The van der Waals surface area contributed by atoms with Crippen LogP contribution in [0.1, 0.15) is 17.9 Å². The standard InChI is InChI=1S/C12H17NO3S/c14-8-9-17(15,16)13-7-6-12(10-13)11-4-2-1-3-5-11/h1-5,12,14H,6-10H2. The fourth-order valence-electron chi connectivity index (χ4n) is 2.22. The summed E-state index contributed by atoms with van der Waals surface area (Å²) in [4.78, 5) is 0. The lowest BCUT2D eigenvalue weighted by molar-refractivity contribution is 0.316. The van der Waals surface area contributed by atoms with Crippen molar-refractivity contribution in [1.82, 2.24) is 4.31 Å². The van der Waals surface area contributed by atoms with Crippen molar-refractivity contribution in [2.24, 2.45) is 0 Å². The molecule has 1 aliphatic rings. The van der Waals surface area contributed by atoms with E-state index in [0.29, 0.717) is 13.1 Å². The summed E-state index contributed by atoms with van der Waals surface area (Å²) in [7, 11) is -3.27. The van der Waals surface area contributed by atoms with Crippen molar-refractivity contribution < 1.29 is 13.5 Å². The molecule has 1 atom stereocenters. The summed E-state index contributed by atoms with van der Waals surface area (Å²) >= 11 is 0.